The molecule has 0 saturated heterocycles. The van der Waals surface area contributed by atoms with Crippen molar-refractivity contribution in [3.63, 3.8) is 0 Å². The zero-order valence-corrected chi connectivity index (χ0v) is 11.7. The van der Waals surface area contributed by atoms with E-state index >= 15 is 0 Å². The van der Waals surface area contributed by atoms with Gasteiger partial charge in [0.05, 0.1) is 0 Å². The van der Waals surface area contributed by atoms with Crippen LogP contribution in [0.2, 0.25) is 0 Å². The van der Waals surface area contributed by atoms with Gasteiger partial charge in [0.1, 0.15) is 0 Å². The zero-order valence-electron chi connectivity index (χ0n) is 10.8. The van der Waals surface area contributed by atoms with Gasteiger partial charge < -0.3 is 5.32 Å². The summed E-state index contributed by atoms with van der Waals surface area (Å²) in [5, 5.41) is 3.50. The van der Waals surface area contributed by atoms with Crippen LogP contribution in [-0.4, -0.2) is 17.8 Å². The van der Waals surface area contributed by atoms with Crippen molar-refractivity contribution in [3.05, 3.63) is 29.8 Å². The van der Waals surface area contributed by atoms with Gasteiger partial charge in [-0.15, -0.1) is 11.8 Å². The summed E-state index contributed by atoms with van der Waals surface area (Å²) in [6, 6.07) is 8.76. The molecule has 1 aromatic rings. The lowest BCUT2D eigenvalue weighted by molar-refractivity contribution is 0.427. The van der Waals surface area contributed by atoms with Crippen molar-refractivity contribution in [2.75, 3.05) is 12.3 Å². The Kier molecular flexibility index (Phi) is 5.36. The maximum atomic E-state index is 3.50. The van der Waals surface area contributed by atoms with Gasteiger partial charge in [-0.1, -0.05) is 17.7 Å². The van der Waals surface area contributed by atoms with Gasteiger partial charge in [-0.05, 0) is 58.5 Å². The quantitative estimate of drug-likeness (QED) is 0.616. The lowest BCUT2D eigenvalue weighted by Crippen LogP contribution is -2.36. The average Bonchev–Trinajstić information content (AvgIpc) is 2.19. The van der Waals surface area contributed by atoms with Crippen LogP contribution in [0.5, 0.6) is 0 Å². The lowest BCUT2D eigenvalue weighted by atomic mass is 10.1. The molecule has 0 heterocycles. The van der Waals surface area contributed by atoms with Gasteiger partial charge in [0.2, 0.25) is 0 Å². The lowest BCUT2D eigenvalue weighted by Gasteiger charge is -2.20. The van der Waals surface area contributed by atoms with Crippen LogP contribution in [0, 0.1) is 6.92 Å². The van der Waals surface area contributed by atoms with E-state index in [1.165, 1.54) is 22.6 Å². The molecule has 0 amide bonds. The van der Waals surface area contributed by atoms with E-state index in [0.717, 1.165) is 6.54 Å². The standard InChI is InChI=1S/C14H23NS/c1-12-6-8-13(9-7-12)16-11-5-10-15-14(2,3)4/h6-9,15H,5,10-11H2,1-4H3. The minimum Gasteiger partial charge on any atom is -0.312 e. The molecule has 16 heavy (non-hydrogen) atoms. The molecule has 2 heteroatoms. The molecule has 0 aliphatic carbocycles. The number of benzene rings is 1. The highest BCUT2D eigenvalue weighted by atomic mass is 32.2. The van der Waals surface area contributed by atoms with E-state index in [9.17, 15) is 0 Å². The Morgan fingerprint density at radius 1 is 1.12 bits per heavy atom. The predicted molar refractivity (Wildman–Crippen MR) is 74.3 cm³/mol. The Labute approximate surface area is 104 Å². The van der Waals surface area contributed by atoms with Crippen LogP contribution in [0.3, 0.4) is 0 Å². The van der Waals surface area contributed by atoms with Gasteiger partial charge in [-0.3, -0.25) is 0 Å². The normalized spacial score (nSPS) is 11.8. The molecule has 0 bridgehead atoms. The van der Waals surface area contributed by atoms with Crippen molar-refractivity contribution < 1.29 is 0 Å². The Morgan fingerprint density at radius 2 is 1.75 bits per heavy atom. The Morgan fingerprint density at radius 3 is 2.31 bits per heavy atom. The number of aryl methyl sites for hydroxylation is 1. The fourth-order valence-electron chi connectivity index (χ4n) is 1.36. The van der Waals surface area contributed by atoms with E-state index in [-0.39, 0.29) is 5.54 Å². The van der Waals surface area contributed by atoms with Gasteiger partial charge in [0.15, 0.2) is 0 Å². The van der Waals surface area contributed by atoms with Gasteiger partial charge in [-0.2, -0.15) is 0 Å². The summed E-state index contributed by atoms with van der Waals surface area (Å²) < 4.78 is 0. The highest BCUT2D eigenvalue weighted by molar-refractivity contribution is 7.99. The molecule has 0 radical (unpaired) electrons. The summed E-state index contributed by atoms with van der Waals surface area (Å²) >= 11 is 1.94. The molecule has 0 aliphatic heterocycles. The minimum absolute atomic E-state index is 0.245. The van der Waals surface area contributed by atoms with Crippen LogP contribution in [0.4, 0.5) is 0 Å². The summed E-state index contributed by atoms with van der Waals surface area (Å²) in [6.07, 6.45) is 1.22. The summed E-state index contributed by atoms with van der Waals surface area (Å²) in [6.45, 7) is 9.85. The number of thioether (sulfide) groups is 1. The van der Waals surface area contributed by atoms with Gasteiger partial charge in [0.25, 0.3) is 0 Å². The van der Waals surface area contributed by atoms with E-state index in [2.05, 4.69) is 57.3 Å². The first-order chi connectivity index (χ1) is 7.47. The first-order valence-corrected chi connectivity index (χ1v) is 6.90. The number of nitrogens with one attached hydrogen (secondary N) is 1. The summed E-state index contributed by atoms with van der Waals surface area (Å²) in [5.41, 5.74) is 1.58. The highest BCUT2D eigenvalue weighted by Crippen LogP contribution is 2.18. The predicted octanol–water partition coefficient (Wildman–Crippen LogP) is 3.87. The second kappa shape index (κ2) is 6.31. The third kappa shape index (κ3) is 6.19. The van der Waals surface area contributed by atoms with Crippen molar-refractivity contribution in [2.45, 2.75) is 44.6 Å². The Balaban J connectivity index is 2.14. The molecule has 0 spiro atoms. The van der Waals surface area contributed by atoms with Crippen molar-refractivity contribution >= 4 is 11.8 Å². The minimum atomic E-state index is 0.245. The van der Waals surface area contributed by atoms with Gasteiger partial charge in [-0.25, -0.2) is 0 Å². The Hall–Kier alpha value is -0.470. The van der Waals surface area contributed by atoms with Crippen LogP contribution in [0.15, 0.2) is 29.2 Å². The molecule has 0 fully saturated rings. The largest absolute Gasteiger partial charge is 0.312 e. The number of hydrogen-bond donors (Lipinski definition) is 1. The molecule has 0 atom stereocenters. The second-order valence-electron chi connectivity index (χ2n) is 5.19. The fourth-order valence-corrected chi connectivity index (χ4v) is 2.21. The molecule has 0 aromatic heterocycles. The van der Waals surface area contributed by atoms with Crippen LogP contribution < -0.4 is 5.32 Å². The average molecular weight is 237 g/mol. The smallest absolute Gasteiger partial charge is 0.00965 e. The van der Waals surface area contributed by atoms with E-state index in [4.69, 9.17) is 0 Å². The maximum Gasteiger partial charge on any atom is 0.00965 e. The topological polar surface area (TPSA) is 12.0 Å². The van der Waals surface area contributed by atoms with Crippen molar-refractivity contribution in [2.24, 2.45) is 0 Å². The SMILES string of the molecule is Cc1ccc(SCCCNC(C)(C)C)cc1. The third-order valence-corrected chi connectivity index (χ3v) is 3.36. The molecule has 1 aromatic carbocycles. The van der Waals surface area contributed by atoms with E-state index in [1.807, 2.05) is 11.8 Å². The first-order valence-electron chi connectivity index (χ1n) is 5.92. The molecule has 1 rings (SSSR count). The molecule has 0 saturated carbocycles. The second-order valence-corrected chi connectivity index (χ2v) is 6.36. The zero-order chi connectivity index (χ0) is 12.0. The summed E-state index contributed by atoms with van der Waals surface area (Å²) in [5.74, 6) is 1.19. The molecule has 1 nitrogen and oxygen atoms in total. The molecular weight excluding hydrogens is 214 g/mol. The number of hydrogen-bond acceptors (Lipinski definition) is 2. The fraction of sp³-hybridized carbons (Fsp3) is 0.571. The van der Waals surface area contributed by atoms with Crippen LogP contribution in [0.25, 0.3) is 0 Å². The van der Waals surface area contributed by atoms with Crippen molar-refractivity contribution in [3.8, 4) is 0 Å². The van der Waals surface area contributed by atoms with Crippen LogP contribution >= 0.6 is 11.8 Å². The molecule has 90 valence electrons. The van der Waals surface area contributed by atoms with Gasteiger partial charge >= 0.3 is 0 Å². The Bertz CT molecular complexity index is 298. The van der Waals surface area contributed by atoms with E-state index < -0.39 is 0 Å². The molecule has 0 unspecified atom stereocenters. The number of rotatable bonds is 5. The highest BCUT2D eigenvalue weighted by Gasteiger charge is 2.06. The molecular formula is C14H23NS. The molecule has 1 N–H and O–H groups in total. The maximum absolute atomic E-state index is 3.50. The van der Waals surface area contributed by atoms with Crippen LogP contribution in [0.1, 0.15) is 32.8 Å². The summed E-state index contributed by atoms with van der Waals surface area (Å²) in [7, 11) is 0. The van der Waals surface area contributed by atoms with E-state index in [1.54, 1.807) is 0 Å². The van der Waals surface area contributed by atoms with Crippen molar-refractivity contribution in [1.29, 1.82) is 0 Å². The van der Waals surface area contributed by atoms with Crippen LogP contribution in [-0.2, 0) is 0 Å². The first kappa shape index (κ1) is 13.6. The van der Waals surface area contributed by atoms with Crippen molar-refractivity contribution in [1.82, 2.24) is 5.32 Å². The summed E-state index contributed by atoms with van der Waals surface area (Å²) in [4.78, 5) is 1.38. The monoisotopic (exact) mass is 237 g/mol. The van der Waals surface area contributed by atoms with E-state index in [0.29, 0.717) is 0 Å². The molecule has 0 aliphatic rings. The third-order valence-electron chi connectivity index (χ3n) is 2.27. The van der Waals surface area contributed by atoms with Gasteiger partial charge in [0, 0.05) is 10.4 Å².